The summed E-state index contributed by atoms with van der Waals surface area (Å²) < 4.78 is 0.803. The van der Waals surface area contributed by atoms with E-state index in [0.717, 1.165) is 4.47 Å². The first kappa shape index (κ1) is 12.9. The van der Waals surface area contributed by atoms with Crippen molar-refractivity contribution in [3.05, 3.63) is 33.3 Å². The summed E-state index contributed by atoms with van der Waals surface area (Å²) in [5, 5.41) is 3.63. The Morgan fingerprint density at radius 1 is 1.47 bits per heavy atom. The van der Waals surface area contributed by atoms with Crippen LogP contribution in [0.5, 0.6) is 0 Å². The summed E-state index contributed by atoms with van der Waals surface area (Å²) >= 11 is 9.29. The number of benzene rings is 1. The van der Waals surface area contributed by atoms with Crippen LogP contribution in [0.1, 0.15) is 37.0 Å². The highest BCUT2D eigenvalue weighted by atomic mass is 79.9. The zero-order valence-electron chi connectivity index (χ0n) is 9.89. The lowest BCUT2D eigenvalue weighted by molar-refractivity contribution is 0.0903. The van der Waals surface area contributed by atoms with Gasteiger partial charge in [-0.05, 0) is 66.7 Å². The fourth-order valence-electron chi connectivity index (χ4n) is 1.91. The highest BCUT2D eigenvalue weighted by molar-refractivity contribution is 9.10. The van der Waals surface area contributed by atoms with Gasteiger partial charge in [0.15, 0.2) is 0 Å². The van der Waals surface area contributed by atoms with Gasteiger partial charge in [0, 0.05) is 15.6 Å². The van der Waals surface area contributed by atoms with Crippen molar-refractivity contribution < 1.29 is 4.79 Å². The molecule has 0 heterocycles. The first-order valence-electron chi connectivity index (χ1n) is 5.68. The van der Waals surface area contributed by atoms with E-state index >= 15 is 0 Å². The summed E-state index contributed by atoms with van der Waals surface area (Å²) in [6.07, 6.45) is 2.41. The maximum Gasteiger partial charge on any atom is 0.251 e. The van der Waals surface area contributed by atoms with E-state index in [1.807, 2.05) is 0 Å². The van der Waals surface area contributed by atoms with Gasteiger partial charge in [-0.3, -0.25) is 4.79 Å². The quantitative estimate of drug-likeness (QED) is 0.896. The summed E-state index contributed by atoms with van der Waals surface area (Å²) in [6, 6.07) is 5.25. The van der Waals surface area contributed by atoms with Crippen LogP contribution in [0.25, 0.3) is 0 Å². The molecule has 0 saturated heterocycles. The summed E-state index contributed by atoms with van der Waals surface area (Å²) in [4.78, 5) is 12.1. The van der Waals surface area contributed by atoms with Crippen LogP contribution in [0, 0.1) is 5.92 Å². The van der Waals surface area contributed by atoms with E-state index in [1.54, 1.807) is 18.2 Å². The molecule has 0 atom stereocenters. The van der Waals surface area contributed by atoms with Crippen molar-refractivity contribution in [3.63, 3.8) is 0 Å². The van der Waals surface area contributed by atoms with Gasteiger partial charge >= 0.3 is 0 Å². The molecule has 4 heteroatoms. The minimum absolute atomic E-state index is 0.0590. The third-order valence-corrected chi connectivity index (χ3v) is 4.45. The minimum atomic E-state index is -0.128. The van der Waals surface area contributed by atoms with E-state index in [9.17, 15) is 4.79 Å². The molecule has 1 aliphatic carbocycles. The van der Waals surface area contributed by atoms with Crippen LogP contribution in [-0.4, -0.2) is 11.4 Å². The van der Waals surface area contributed by atoms with E-state index in [-0.39, 0.29) is 11.4 Å². The largest absolute Gasteiger partial charge is 0.347 e. The topological polar surface area (TPSA) is 29.1 Å². The molecule has 1 saturated carbocycles. The van der Waals surface area contributed by atoms with Gasteiger partial charge in [0.2, 0.25) is 0 Å². The average molecular weight is 317 g/mol. The van der Waals surface area contributed by atoms with Gasteiger partial charge in [0.05, 0.1) is 5.02 Å². The second-order valence-corrected chi connectivity index (χ2v) is 6.34. The molecule has 1 fully saturated rings. The average Bonchev–Trinajstić information content (AvgIpc) is 3.04. The van der Waals surface area contributed by atoms with Gasteiger partial charge in [-0.25, -0.2) is 0 Å². The van der Waals surface area contributed by atoms with Gasteiger partial charge in [-0.1, -0.05) is 11.6 Å². The van der Waals surface area contributed by atoms with Crippen molar-refractivity contribution >= 4 is 33.4 Å². The second-order valence-electron chi connectivity index (χ2n) is 5.08. The molecule has 1 aromatic rings. The number of amides is 1. The molecular formula is C13H15BrClNO. The summed E-state index contributed by atoms with van der Waals surface area (Å²) in [7, 11) is 0. The maximum absolute atomic E-state index is 12.1. The first-order valence-corrected chi connectivity index (χ1v) is 6.85. The smallest absolute Gasteiger partial charge is 0.251 e. The lowest BCUT2D eigenvalue weighted by Crippen LogP contribution is -2.45. The van der Waals surface area contributed by atoms with Gasteiger partial charge < -0.3 is 5.32 Å². The number of nitrogens with one attached hydrogen (secondary N) is 1. The molecule has 1 aliphatic rings. The Hall–Kier alpha value is -0.540. The van der Waals surface area contributed by atoms with Crippen LogP contribution in [0.2, 0.25) is 5.02 Å². The SMILES string of the molecule is CC(C)(NC(=O)c1ccc(Br)c(Cl)c1)C1CC1. The number of carbonyl (C=O) groups excluding carboxylic acids is 1. The zero-order chi connectivity index (χ0) is 12.6. The summed E-state index contributed by atoms with van der Waals surface area (Å²) in [5.41, 5.74) is 0.475. The van der Waals surface area contributed by atoms with Crippen molar-refractivity contribution in [1.82, 2.24) is 5.32 Å². The van der Waals surface area contributed by atoms with Crippen LogP contribution in [0.15, 0.2) is 22.7 Å². The second kappa shape index (κ2) is 4.62. The minimum Gasteiger partial charge on any atom is -0.347 e. The number of hydrogen-bond acceptors (Lipinski definition) is 1. The molecular weight excluding hydrogens is 302 g/mol. The Morgan fingerprint density at radius 2 is 2.12 bits per heavy atom. The molecule has 0 unspecified atom stereocenters. The lowest BCUT2D eigenvalue weighted by Gasteiger charge is -2.26. The monoisotopic (exact) mass is 315 g/mol. The predicted molar refractivity (Wildman–Crippen MR) is 73.4 cm³/mol. The van der Waals surface area contributed by atoms with Gasteiger partial charge in [-0.15, -0.1) is 0 Å². The molecule has 0 radical (unpaired) electrons. The molecule has 0 aliphatic heterocycles. The lowest BCUT2D eigenvalue weighted by atomic mass is 9.98. The van der Waals surface area contributed by atoms with Crippen molar-refractivity contribution in [2.45, 2.75) is 32.2 Å². The summed E-state index contributed by atoms with van der Waals surface area (Å²) in [6.45, 7) is 4.14. The molecule has 0 aromatic heterocycles. The van der Waals surface area contributed by atoms with Crippen molar-refractivity contribution in [2.75, 3.05) is 0 Å². The Morgan fingerprint density at radius 3 is 2.65 bits per heavy atom. The third-order valence-electron chi connectivity index (χ3n) is 3.22. The molecule has 2 nitrogen and oxygen atoms in total. The number of rotatable bonds is 3. The molecule has 0 spiro atoms. The van der Waals surface area contributed by atoms with Crippen molar-refractivity contribution in [3.8, 4) is 0 Å². The highest BCUT2D eigenvalue weighted by Gasteiger charge is 2.38. The summed E-state index contributed by atoms with van der Waals surface area (Å²) in [5.74, 6) is 0.550. The normalized spacial score (nSPS) is 15.8. The third kappa shape index (κ3) is 3.02. The van der Waals surface area contributed by atoms with Crippen LogP contribution in [0.3, 0.4) is 0 Å². The van der Waals surface area contributed by atoms with Crippen molar-refractivity contribution in [2.24, 2.45) is 5.92 Å². The van der Waals surface area contributed by atoms with Crippen LogP contribution in [0.4, 0.5) is 0 Å². The highest BCUT2D eigenvalue weighted by Crippen LogP contribution is 2.39. The van der Waals surface area contributed by atoms with Crippen molar-refractivity contribution in [1.29, 1.82) is 0 Å². The fourth-order valence-corrected chi connectivity index (χ4v) is 2.34. The van der Waals surface area contributed by atoms with E-state index in [4.69, 9.17) is 11.6 Å². The Bertz CT molecular complexity index is 455. The Labute approximate surface area is 115 Å². The molecule has 1 N–H and O–H groups in total. The molecule has 0 bridgehead atoms. The standard InChI is InChI=1S/C13H15BrClNO/c1-13(2,9-4-5-9)16-12(17)8-3-6-10(14)11(15)7-8/h3,6-7,9H,4-5H2,1-2H3,(H,16,17). The van der Waals surface area contributed by atoms with E-state index in [2.05, 4.69) is 35.1 Å². The van der Waals surface area contributed by atoms with E-state index in [1.165, 1.54) is 12.8 Å². The number of carbonyl (C=O) groups is 1. The number of halogens is 2. The van der Waals surface area contributed by atoms with Crippen LogP contribution in [-0.2, 0) is 0 Å². The molecule has 17 heavy (non-hydrogen) atoms. The Balaban J connectivity index is 2.11. The first-order chi connectivity index (χ1) is 7.90. The van der Waals surface area contributed by atoms with Gasteiger partial charge in [0.25, 0.3) is 5.91 Å². The fraction of sp³-hybridized carbons (Fsp3) is 0.462. The predicted octanol–water partition coefficient (Wildman–Crippen LogP) is 4.02. The van der Waals surface area contributed by atoms with Gasteiger partial charge in [-0.2, -0.15) is 0 Å². The zero-order valence-corrected chi connectivity index (χ0v) is 12.2. The Kier molecular flexibility index (Phi) is 3.50. The van der Waals surface area contributed by atoms with E-state index < -0.39 is 0 Å². The number of hydrogen-bond donors (Lipinski definition) is 1. The molecule has 1 aromatic carbocycles. The van der Waals surface area contributed by atoms with Gasteiger partial charge in [0.1, 0.15) is 0 Å². The molecule has 92 valence electrons. The molecule has 1 amide bonds. The maximum atomic E-state index is 12.1. The van der Waals surface area contributed by atoms with E-state index in [0.29, 0.717) is 16.5 Å². The van der Waals surface area contributed by atoms with Crippen LogP contribution >= 0.6 is 27.5 Å². The molecule has 2 rings (SSSR count). The van der Waals surface area contributed by atoms with Crippen LogP contribution < -0.4 is 5.32 Å².